The van der Waals surface area contributed by atoms with Gasteiger partial charge in [-0.25, -0.2) is 0 Å². The fourth-order valence-electron chi connectivity index (χ4n) is 2.31. The fraction of sp³-hybridized carbons (Fsp3) is 1.00. The number of aliphatic hydroxyl groups is 5. The van der Waals surface area contributed by atoms with Crippen molar-refractivity contribution in [3.8, 4) is 0 Å². The fourth-order valence-corrected chi connectivity index (χ4v) is 2.31. The van der Waals surface area contributed by atoms with Gasteiger partial charge in [0.1, 0.15) is 12.2 Å². The van der Waals surface area contributed by atoms with Crippen molar-refractivity contribution in [1.82, 2.24) is 4.90 Å². The molecule has 82 valence electrons. The predicted molar refractivity (Wildman–Crippen MR) is 45.4 cm³/mol. The van der Waals surface area contributed by atoms with E-state index in [0.717, 1.165) is 0 Å². The van der Waals surface area contributed by atoms with Crippen molar-refractivity contribution >= 4 is 0 Å². The van der Waals surface area contributed by atoms with E-state index in [1.54, 1.807) is 4.90 Å². The second kappa shape index (κ2) is 3.41. The van der Waals surface area contributed by atoms with Crippen LogP contribution in [0.2, 0.25) is 0 Å². The standard InChI is InChI=1S/C8H15NO5/c10-3-1-9-2-4(11)7(13)8(14)5(9)6(3)12/h3-8,10-14H,1-2H2/t3-,4+,5-,6+,7+,8-/m1/s1. The Morgan fingerprint density at radius 2 is 1.21 bits per heavy atom. The highest BCUT2D eigenvalue weighted by molar-refractivity contribution is 5.04. The van der Waals surface area contributed by atoms with Crippen molar-refractivity contribution in [1.29, 1.82) is 0 Å². The van der Waals surface area contributed by atoms with E-state index in [2.05, 4.69) is 0 Å². The number of piperidine rings is 1. The third kappa shape index (κ3) is 1.35. The van der Waals surface area contributed by atoms with E-state index in [0.29, 0.717) is 0 Å². The molecule has 0 aromatic carbocycles. The van der Waals surface area contributed by atoms with Crippen LogP contribution in [-0.2, 0) is 0 Å². The molecule has 0 bridgehead atoms. The van der Waals surface area contributed by atoms with Crippen LogP contribution in [0.3, 0.4) is 0 Å². The SMILES string of the molecule is O[C@@H]1[C@@H]2[C@@H](O)[C@@H](O)[C@@H](O)CN2C[C@H]1O. The van der Waals surface area contributed by atoms with Crippen molar-refractivity contribution in [2.24, 2.45) is 0 Å². The molecule has 2 saturated heterocycles. The molecule has 0 spiro atoms. The van der Waals surface area contributed by atoms with Crippen LogP contribution in [0.5, 0.6) is 0 Å². The average molecular weight is 205 g/mol. The van der Waals surface area contributed by atoms with Crippen LogP contribution in [0.15, 0.2) is 0 Å². The molecule has 0 saturated carbocycles. The summed E-state index contributed by atoms with van der Waals surface area (Å²) in [6.07, 6.45) is -5.49. The Morgan fingerprint density at radius 3 is 1.79 bits per heavy atom. The summed E-state index contributed by atoms with van der Waals surface area (Å²) in [5, 5.41) is 47.2. The number of fused-ring (bicyclic) bond motifs is 1. The summed E-state index contributed by atoms with van der Waals surface area (Å²) >= 11 is 0. The molecule has 14 heavy (non-hydrogen) atoms. The quantitative estimate of drug-likeness (QED) is 0.281. The molecule has 2 aliphatic rings. The second-order valence-corrected chi connectivity index (χ2v) is 4.05. The molecule has 0 radical (unpaired) electrons. The van der Waals surface area contributed by atoms with Crippen LogP contribution in [-0.4, -0.2) is 80.1 Å². The van der Waals surface area contributed by atoms with Gasteiger partial charge in [-0.3, -0.25) is 4.90 Å². The number of aliphatic hydroxyl groups excluding tert-OH is 5. The summed E-state index contributed by atoms with van der Waals surface area (Å²) in [7, 11) is 0. The minimum atomic E-state index is -1.25. The molecule has 0 aliphatic carbocycles. The van der Waals surface area contributed by atoms with Gasteiger partial charge in [0, 0.05) is 13.1 Å². The molecular weight excluding hydrogens is 190 g/mol. The van der Waals surface area contributed by atoms with Gasteiger partial charge in [-0.1, -0.05) is 0 Å². The van der Waals surface area contributed by atoms with Gasteiger partial charge in [0.05, 0.1) is 24.4 Å². The van der Waals surface area contributed by atoms with E-state index >= 15 is 0 Å². The number of rotatable bonds is 0. The minimum Gasteiger partial charge on any atom is -0.389 e. The Bertz CT molecular complexity index is 224. The maximum Gasteiger partial charge on any atom is 0.109 e. The summed E-state index contributed by atoms with van der Waals surface area (Å²) < 4.78 is 0. The normalized spacial score (nSPS) is 54.6. The lowest BCUT2D eigenvalue weighted by molar-refractivity contribution is -0.142. The number of hydrogen-bond acceptors (Lipinski definition) is 6. The number of hydrogen-bond donors (Lipinski definition) is 5. The zero-order valence-electron chi connectivity index (χ0n) is 7.56. The summed E-state index contributed by atoms with van der Waals surface area (Å²) in [6, 6.07) is -0.677. The van der Waals surface area contributed by atoms with Crippen LogP contribution in [0.1, 0.15) is 0 Å². The molecule has 2 rings (SSSR count). The molecular formula is C8H15NO5. The second-order valence-electron chi connectivity index (χ2n) is 4.05. The minimum absolute atomic E-state index is 0.164. The zero-order valence-corrected chi connectivity index (χ0v) is 7.56. The van der Waals surface area contributed by atoms with Gasteiger partial charge < -0.3 is 25.5 Å². The summed E-state index contributed by atoms with van der Waals surface area (Å²) in [4.78, 5) is 1.59. The molecule has 6 nitrogen and oxygen atoms in total. The largest absolute Gasteiger partial charge is 0.389 e. The lowest BCUT2D eigenvalue weighted by Crippen LogP contribution is -2.61. The summed E-state index contributed by atoms with van der Waals surface area (Å²) in [5.41, 5.74) is 0. The highest BCUT2D eigenvalue weighted by Gasteiger charge is 2.51. The first-order valence-electron chi connectivity index (χ1n) is 4.66. The van der Waals surface area contributed by atoms with Gasteiger partial charge in [0.25, 0.3) is 0 Å². The van der Waals surface area contributed by atoms with Crippen LogP contribution >= 0.6 is 0 Å². The Morgan fingerprint density at radius 1 is 0.714 bits per heavy atom. The van der Waals surface area contributed by atoms with Gasteiger partial charge in [-0.05, 0) is 0 Å². The first-order valence-corrected chi connectivity index (χ1v) is 4.66. The van der Waals surface area contributed by atoms with Crippen molar-refractivity contribution < 1.29 is 25.5 Å². The smallest absolute Gasteiger partial charge is 0.109 e. The van der Waals surface area contributed by atoms with Crippen molar-refractivity contribution in [2.75, 3.05) is 13.1 Å². The Hall–Kier alpha value is -0.240. The van der Waals surface area contributed by atoms with Gasteiger partial charge in [0.2, 0.25) is 0 Å². The third-order valence-electron chi connectivity index (χ3n) is 3.10. The molecule has 6 heteroatoms. The molecule has 0 aromatic rings. The molecule has 2 fully saturated rings. The summed E-state index contributed by atoms with van der Waals surface area (Å²) in [5.74, 6) is 0. The molecule has 2 heterocycles. The Balaban J connectivity index is 2.18. The molecule has 6 atom stereocenters. The first kappa shape index (κ1) is 10.3. The highest BCUT2D eigenvalue weighted by Crippen LogP contribution is 2.28. The highest BCUT2D eigenvalue weighted by atomic mass is 16.4. The topological polar surface area (TPSA) is 104 Å². The van der Waals surface area contributed by atoms with E-state index in [9.17, 15) is 25.5 Å². The maximum atomic E-state index is 9.58. The van der Waals surface area contributed by atoms with Crippen LogP contribution < -0.4 is 0 Å². The Labute approximate surface area is 81.0 Å². The lowest BCUT2D eigenvalue weighted by atomic mass is 9.93. The molecule has 2 aliphatic heterocycles. The van der Waals surface area contributed by atoms with Gasteiger partial charge in [-0.15, -0.1) is 0 Å². The van der Waals surface area contributed by atoms with E-state index in [4.69, 9.17) is 0 Å². The average Bonchev–Trinajstić information content (AvgIpc) is 2.39. The first-order chi connectivity index (χ1) is 6.52. The van der Waals surface area contributed by atoms with E-state index in [1.807, 2.05) is 0 Å². The molecule has 5 N–H and O–H groups in total. The van der Waals surface area contributed by atoms with Crippen LogP contribution in [0.4, 0.5) is 0 Å². The summed E-state index contributed by atoms with van der Waals surface area (Å²) in [6.45, 7) is 0.379. The van der Waals surface area contributed by atoms with E-state index in [1.165, 1.54) is 0 Å². The molecule has 0 aromatic heterocycles. The number of nitrogens with zero attached hydrogens (tertiary/aromatic N) is 1. The predicted octanol–water partition coefficient (Wildman–Crippen LogP) is -3.51. The monoisotopic (exact) mass is 205 g/mol. The van der Waals surface area contributed by atoms with E-state index in [-0.39, 0.29) is 13.1 Å². The third-order valence-corrected chi connectivity index (χ3v) is 3.10. The lowest BCUT2D eigenvalue weighted by Gasteiger charge is -2.40. The van der Waals surface area contributed by atoms with Crippen molar-refractivity contribution in [2.45, 2.75) is 36.6 Å². The van der Waals surface area contributed by atoms with Crippen molar-refractivity contribution in [3.05, 3.63) is 0 Å². The Kier molecular flexibility index (Phi) is 2.50. The zero-order chi connectivity index (χ0) is 10.5. The van der Waals surface area contributed by atoms with Crippen molar-refractivity contribution in [3.63, 3.8) is 0 Å². The molecule has 0 amide bonds. The van der Waals surface area contributed by atoms with Gasteiger partial charge in [0.15, 0.2) is 0 Å². The van der Waals surface area contributed by atoms with E-state index < -0.39 is 36.6 Å². The maximum absolute atomic E-state index is 9.58. The van der Waals surface area contributed by atoms with Crippen LogP contribution in [0, 0.1) is 0 Å². The van der Waals surface area contributed by atoms with Gasteiger partial charge in [-0.2, -0.15) is 0 Å². The van der Waals surface area contributed by atoms with Crippen LogP contribution in [0.25, 0.3) is 0 Å². The van der Waals surface area contributed by atoms with Gasteiger partial charge >= 0.3 is 0 Å². The molecule has 0 unspecified atom stereocenters.